The molecule has 1 amide bonds. The van der Waals surface area contributed by atoms with Crippen molar-refractivity contribution in [3.05, 3.63) is 12.2 Å². The second-order valence-corrected chi connectivity index (χ2v) is 4.81. The average molecular weight is 239 g/mol. The molecule has 17 heavy (non-hydrogen) atoms. The van der Waals surface area contributed by atoms with Crippen LogP contribution in [0.1, 0.15) is 33.1 Å². The van der Waals surface area contributed by atoms with Crippen molar-refractivity contribution in [1.82, 2.24) is 5.32 Å². The van der Waals surface area contributed by atoms with Crippen molar-refractivity contribution in [3.8, 4) is 0 Å². The summed E-state index contributed by atoms with van der Waals surface area (Å²) in [5.41, 5.74) is 0. The lowest BCUT2D eigenvalue weighted by Gasteiger charge is -2.21. The molecule has 3 atom stereocenters. The number of amides is 1. The standard InChI is InChI=1S/C13H21NO3/c1-9(10(2)13(16)17)12(15)14-8-11-6-4-3-5-7-11/h3-4,9-11H,5-8H2,1-2H3,(H,14,15)(H,16,17). The first-order valence-electron chi connectivity index (χ1n) is 6.18. The van der Waals surface area contributed by atoms with E-state index < -0.39 is 17.8 Å². The quantitative estimate of drug-likeness (QED) is 0.719. The van der Waals surface area contributed by atoms with Gasteiger partial charge in [-0.1, -0.05) is 26.0 Å². The SMILES string of the molecule is CC(C(=O)O)C(C)C(=O)NCC1CC=CCC1. The Bertz CT molecular complexity index is 312. The molecule has 4 heteroatoms. The van der Waals surface area contributed by atoms with Crippen LogP contribution in [0.4, 0.5) is 0 Å². The zero-order valence-corrected chi connectivity index (χ0v) is 10.5. The van der Waals surface area contributed by atoms with Crippen LogP contribution < -0.4 is 5.32 Å². The Morgan fingerprint density at radius 1 is 1.35 bits per heavy atom. The van der Waals surface area contributed by atoms with Gasteiger partial charge in [0.25, 0.3) is 0 Å². The second-order valence-electron chi connectivity index (χ2n) is 4.81. The molecule has 96 valence electrons. The van der Waals surface area contributed by atoms with Gasteiger partial charge in [0.15, 0.2) is 0 Å². The Kier molecular flexibility index (Phi) is 5.19. The summed E-state index contributed by atoms with van der Waals surface area (Å²) in [6, 6.07) is 0. The number of hydrogen-bond acceptors (Lipinski definition) is 2. The molecule has 0 spiro atoms. The number of aliphatic carboxylic acids is 1. The van der Waals surface area contributed by atoms with Gasteiger partial charge in [-0.2, -0.15) is 0 Å². The van der Waals surface area contributed by atoms with Crippen LogP contribution >= 0.6 is 0 Å². The maximum absolute atomic E-state index is 11.7. The molecular formula is C13H21NO3. The number of hydrogen-bond donors (Lipinski definition) is 2. The van der Waals surface area contributed by atoms with Gasteiger partial charge in [0.1, 0.15) is 0 Å². The third-order valence-electron chi connectivity index (χ3n) is 3.50. The normalized spacial score (nSPS) is 22.8. The number of carbonyl (C=O) groups is 2. The minimum absolute atomic E-state index is 0.158. The van der Waals surface area contributed by atoms with Gasteiger partial charge in [-0.25, -0.2) is 0 Å². The Hall–Kier alpha value is -1.32. The number of allylic oxidation sites excluding steroid dienone is 2. The van der Waals surface area contributed by atoms with Crippen LogP contribution in [-0.2, 0) is 9.59 Å². The fourth-order valence-electron chi connectivity index (χ4n) is 1.89. The fourth-order valence-corrected chi connectivity index (χ4v) is 1.89. The van der Waals surface area contributed by atoms with E-state index in [2.05, 4.69) is 17.5 Å². The molecular weight excluding hydrogens is 218 g/mol. The van der Waals surface area contributed by atoms with E-state index in [0.29, 0.717) is 12.5 Å². The van der Waals surface area contributed by atoms with Crippen molar-refractivity contribution in [2.75, 3.05) is 6.54 Å². The molecule has 0 heterocycles. The number of carboxylic acids is 1. The Balaban J connectivity index is 2.33. The summed E-state index contributed by atoms with van der Waals surface area (Å²) in [7, 11) is 0. The lowest BCUT2D eigenvalue weighted by molar-refractivity contribution is -0.146. The van der Waals surface area contributed by atoms with Crippen molar-refractivity contribution in [2.24, 2.45) is 17.8 Å². The first-order chi connectivity index (χ1) is 8.02. The summed E-state index contributed by atoms with van der Waals surface area (Å²) in [5, 5.41) is 11.7. The molecule has 1 aliphatic rings. The predicted molar refractivity (Wildman–Crippen MR) is 65.5 cm³/mol. The predicted octanol–water partition coefficient (Wildman–Crippen LogP) is 1.82. The smallest absolute Gasteiger partial charge is 0.307 e. The number of nitrogens with one attached hydrogen (secondary N) is 1. The molecule has 0 aromatic rings. The van der Waals surface area contributed by atoms with Crippen molar-refractivity contribution in [3.63, 3.8) is 0 Å². The number of carbonyl (C=O) groups excluding carboxylic acids is 1. The molecule has 0 bridgehead atoms. The summed E-state index contributed by atoms with van der Waals surface area (Å²) in [5.74, 6) is -1.70. The maximum Gasteiger partial charge on any atom is 0.307 e. The average Bonchev–Trinajstić information content (AvgIpc) is 2.35. The van der Waals surface area contributed by atoms with E-state index in [1.165, 1.54) is 0 Å². The highest BCUT2D eigenvalue weighted by atomic mass is 16.4. The fraction of sp³-hybridized carbons (Fsp3) is 0.692. The van der Waals surface area contributed by atoms with E-state index in [4.69, 9.17) is 5.11 Å². The summed E-state index contributed by atoms with van der Waals surface area (Å²) >= 11 is 0. The minimum Gasteiger partial charge on any atom is -0.481 e. The van der Waals surface area contributed by atoms with Gasteiger partial charge < -0.3 is 10.4 Å². The van der Waals surface area contributed by atoms with Crippen molar-refractivity contribution in [1.29, 1.82) is 0 Å². The summed E-state index contributed by atoms with van der Waals surface area (Å²) in [6.07, 6.45) is 7.47. The van der Waals surface area contributed by atoms with E-state index in [1.807, 2.05) is 0 Å². The molecule has 0 fully saturated rings. The molecule has 0 saturated carbocycles. The zero-order chi connectivity index (χ0) is 12.8. The highest BCUT2D eigenvalue weighted by molar-refractivity contribution is 5.84. The molecule has 4 nitrogen and oxygen atoms in total. The van der Waals surface area contributed by atoms with Crippen LogP contribution in [0.3, 0.4) is 0 Å². The second kappa shape index (κ2) is 6.42. The Morgan fingerprint density at radius 2 is 2.06 bits per heavy atom. The molecule has 1 rings (SSSR count). The van der Waals surface area contributed by atoms with Gasteiger partial charge in [0.2, 0.25) is 5.91 Å². The first-order valence-corrected chi connectivity index (χ1v) is 6.18. The first kappa shape index (κ1) is 13.7. The topological polar surface area (TPSA) is 66.4 Å². The molecule has 0 saturated heterocycles. The van der Waals surface area contributed by atoms with E-state index in [0.717, 1.165) is 19.3 Å². The van der Waals surface area contributed by atoms with Crippen molar-refractivity contribution < 1.29 is 14.7 Å². The van der Waals surface area contributed by atoms with Crippen LogP contribution in [0.5, 0.6) is 0 Å². The van der Waals surface area contributed by atoms with E-state index in [9.17, 15) is 9.59 Å². The monoisotopic (exact) mass is 239 g/mol. The van der Waals surface area contributed by atoms with Crippen molar-refractivity contribution >= 4 is 11.9 Å². The minimum atomic E-state index is -0.923. The van der Waals surface area contributed by atoms with Crippen LogP contribution in [-0.4, -0.2) is 23.5 Å². The van der Waals surface area contributed by atoms with E-state index in [1.54, 1.807) is 13.8 Å². The van der Waals surface area contributed by atoms with Gasteiger partial charge in [0, 0.05) is 12.5 Å². The van der Waals surface area contributed by atoms with Gasteiger partial charge in [-0.05, 0) is 25.2 Å². The largest absolute Gasteiger partial charge is 0.481 e. The van der Waals surface area contributed by atoms with Gasteiger partial charge in [-0.15, -0.1) is 0 Å². The van der Waals surface area contributed by atoms with Crippen molar-refractivity contribution in [2.45, 2.75) is 33.1 Å². The summed E-state index contributed by atoms with van der Waals surface area (Å²) in [4.78, 5) is 22.5. The van der Waals surface area contributed by atoms with Crippen LogP contribution in [0.25, 0.3) is 0 Å². The lowest BCUT2D eigenvalue weighted by Crippen LogP contribution is -2.37. The highest BCUT2D eigenvalue weighted by Gasteiger charge is 2.25. The van der Waals surface area contributed by atoms with Crippen LogP contribution in [0, 0.1) is 17.8 Å². The molecule has 3 unspecified atom stereocenters. The van der Waals surface area contributed by atoms with Gasteiger partial charge in [-0.3, -0.25) is 9.59 Å². The summed E-state index contributed by atoms with van der Waals surface area (Å²) < 4.78 is 0. The lowest BCUT2D eigenvalue weighted by atomic mass is 9.93. The number of rotatable bonds is 5. The summed E-state index contributed by atoms with van der Waals surface area (Å²) in [6.45, 7) is 3.88. The maximum atomic E-state index is 11.7. The van der Waals surface area contributed by atoms with Crippen LogP contribution in [0.15, 0.2) is 12.2 Å². The zero-order valence-electron chi connectivity index (χ0n) is 10.5. The van der Waals surface area contributed by atoms with E-state index >= 15 is 0 Å². The Labute approximate surface area is 102 Å². The third kappa shape index (κ3) is 4.21. The molecule has 0 aromatic carbocycles. The highest BCUT2D eigenvalue weighted by Crippen LogP contribution is 2.17. The Morgan fingerprint density at radius 3 is 2.59 bits per heavy atom. The number of carboxylic acid groups (broad SMARTS) is 1. The van der Waals surface area contributed by atoms with Gasteiger partial charge in [0.05, 0.1) is 5.92 Å². The van der Waals surface area contributed by atoms with E-state index in [-0.39, 0.29) is 5.91 Å². The van der Waals surface area contributed by atoms with Crippen LogP contribution in [0.2, 0.25) is 0 Å². The molecule has 0 aromatic heterocycles. The molecule has 0 radical (unpaired) electrons. The molecule has 1 aliphatic carbocycles. The third-order valence-corrected chi connectivity index (χ3v) is 3.50. The van der Waals surface area contributed by atoms with Gasteiger partial charge >= 0.3 is 5.97 Å². The molecule has 2 N–H and O–H groups in total. The molecule has 0 aliphatic heterocycles.